The molecule has 34 heavy (non-hydrogen) atoms. The fraction of sp³-hybridized carbons (Fsp3) is 0.160. The van der Waals surface area contributed by atoms with Crippen LogP contribution in [0, 0.1) is 12.7 Å². The highest BCUT2D eigenvalue weighted by Crippen LogP contribution is 2.33. The minimum Gasteiger partial charge on any atom is -0.478 e. The van der Waals surface area contributed by atoms with Crippen molar-refractivity contribution in [3.63, 3.8) is 0 Å². The second kappa shape index (κ2) is 10.6. The van der Waals surface area contributed by atoms with Gasteiger partial charge in [-0.25, -0.2) is 19.2 Å². The van der Waals surface area contributed by atoms with E-state index in [4.69, 9.17) is 9.47 Å². The Kier molecular flexibility index (Phi) is 7.34. The minimum atomic E-state index is -1.34. The molecule has 174 valence electrons. The first-order valence-electron chi connectivity index (χ1n) is 10.4. The van der Waals surface area contributed by atoms with E-state index in [1.807, 2.05) is 49.4 Å². The van der Waals surface area contributed by atoms with Gasteiger partial charge >= 0.3 is 5.97 Å². The lowest BCUT2D eigenvalue weighted by atomic mass is 10.1. The Morgan fingerprint density at radius 3 is 2.71 bits per heavy atom. The third-order valence-electron chi connectivity index (χ3n) is 5.02. The number of ether oxygens (including phenoxy) is 2. The molecule has 0 aliphatic carbocycles. The van der Waals surface area contributed by atoms with Gasteiger partial charge in [0, 0.05) is 15.9 Å². The number of fused-ring (bicyclic) bond motifs is 1. The Bertz CT molecular complexity index is 1320. The summed E-state index contributed by atoms with van der Waals surface area (Å²) in [6.07, 6.45) is 0.0730. The number of carbonyl (C=O) groups is 1. The number of rotatable bonds is 9. The summed E-state index contributed by atoms with van der Waals surface area (Å²) in [5.74, 6) is -1.28. The second-order valence-corrected chi connectivity index (χ2v) is 8.47. The number of nitrogens with one attached hydrogen (secondary N) is 1. The fourth-order valence-electron chi connectivity index (χ4n) is 3.44. The smallest absolute Gasteiger partial charge is 0.347 e. The Morgan fingerprint density at radius 2 is 1.94 bits per heavy atom. The third kappa shape index (κ3) is 5.67. The van der Waals surface area contributed by atoms with Crippen molar-refractivity contribution in [1.82, 2.24) is 9.97 Å². The van der Waals surface area contributed by atoms with Crippen molar-refractivity contribution in [2.75, 3.05) is 11.9 Å². The number of hydrogen-bond acceptors (Lipinski definition) is 6. The van der Waals surface area contributed by atoms with Crippen LogP contribution in [0.25, 0.3) is 10.9 Å². The maximum atomic E-state index is 14.1. The molecule has 0 saturated carbocycles. The molecule has 0 saturated heterocycles. The lowest BCUT2D eigenvalue weighted by Crippen LogP contribution is -2.32. The SMILES string of the molecule is Cc1cc(Br)cc2ncnc(Nc3ccc(F)cc3O[C@H](COCc3ccccc3)C(=O)O)c12. The highest BCUT2D eigenvalue weighted by atomic mass is 79.9. The van der Waals surface area contributed by atoms with Crippen LogP contribution in [-0.4, -0.2) is 33.8 Å². The predicted octanol–water partition coefficient (Wildman–Crippen LogP) is 5.63. The van der Waals surface area contributed by atoms with Crippen LogP contribution in [0.4, 0.5) is 15.9 Å². The van der Waals surface area contributed by atoms with Gasteiger partial charge in [0.15, 0.2) is 0 Å². The highest BCUT2D eigenvalue weighted by Gasteiger charge is 2.22. The van der Waals surface area contributed by atoms with E-state index in [1.54, 1.807) is 0 Å². The second-order valence-electron chi connectivity index (χ2n) is 7.55. The molecule has 1 atom stereocenters. The number of aliphatic carboxylic acids is 1. The molecule has 0 aliphatic rings. The molecule has 4 rings (SSSR count). The number of hydrogen-bond donors (Lipinski definition) is 2. The van der Waals surface area contributed by atoms with Gasteiger partial charge in [0.2, 0.25) is 6.10 Å². The van der Waals surface area contributed by atoms with Crippen LogP contribution in [0.2, 0.25) is 0 Å². The van der Waals surface area contributed by atoms with Crippen LogP contribution in [-0.2, 0) is 16.1 Å². The summed E-state index contributed by atoms with van der Waals surface area (Å²) >= 11 is 3.46. The van der Waals surface area contributed by atoms with Crippen LogP contribution in [0.1, 0.15) is 11.1 Å². The van der Waals surface area contributed by atoms with E-state index in [0.717, 1.165) is 27.1 Å². The molecule has 1 aromatic heterocycles. The molecule has 0 spiro atoms. The number of carboxylic acid groups (broad SMARTS) is 1. The maximum Gasteiger partial charge on any atom is 0.347 e. The normalized spacial score (nSPS) is 11.9. The molecule has 0 amide bonds. The molecule has 4 aromatic rings. The van der Waals surface area contributed by atoms with Gasteiger partial charge in [0.25, 0.3) is 0 Å². The van der Waals surface area contributed by atoms with Crippen molar-refractivity contribution in [2.45, 2.75) is 19.6 Å². The van der Waals surface area contributed by atoms with E-state index in [1.165, 1.54) is 18.5 Å². The fourth-order valence-corrected chi connectivity index (χ4v) is 4.00. The largest absolute Gasteiger partial charge is 0.478 e. The molecule has 0 bridgehead atoms. The van der Waals surface area contributed by atoms with E-state index in [2.05, 4.69) is 31.2 Å². The van der Waals surface area contributed by atoms with Crippen molar-refractivity contribution in [3.05, 3.63) is 88.4 Å². The first-order chi connectivity index (χ1) is 16.4. The number of benzene rings is 3. The van der Waals surface area contributed by atoms with Crippen molar-refractivity contribution >= 4 is 44.3 Å². The van der Waals surface area contributed by atoms with Crippen LogP contribution in [0.5, 0.6) is 5.75 Å². The van der Waals surface area contributed by atoms with E-state index >= 15 is 0 Å². The van der Waals surface area contributed by atoms with Gasteiger partial charge in [0.05, 0.1) is 24.4 Å². The number of anilines is 2. The molecular formula is C25H21BrFN3O4. The van der Waals surface area contributed by atoms with Crippen molar-refractivity contribution in [3.8, 4) is 5.75 Å². The Morgan fingerprint density at radius 1 is 1.15 bits per heavy atom. The van der Waals surface area contributed by atoms with E-state index in [9.17, 15) is 14.3 Å². The average Bonchev–Trinajstić information content (AvgIpc) is 2.80. The topological polar surface area (TPSA) is 93.6 Å². The van der Waals surface area contributed by atoms with Gasteiger partial charge in [-0.05, 0) is 42.3 Å². The van der Waals surface area contributed by atoms with Gasteiger partial charge < -0.3 is 19.9 Å². The van der Waals surface area contributed by atoms with Gasteiger partial charge in [-0.2, -0.15) is 0 Å². The molecule has 0 unspecified atom stereocenters. The molecule has 7 nitrogen and oxygen atoms in total. The summed E-state index contributed by atoms with van der Waals surface area (Å²) in [5, 5.41) is 13.6. The third-order valence-corrected chi connectivity index (χ3v) is 5.48. The zero-order valence-electron chi connectivity index (χ0n) is 18.2. The molecular weight excluding hydrogens is 505 g/mol. The Balaban J connectivity index is 1.57. The molecule has 9 heteroatoms. The van der Waals surface area contributed by atoms with Crippen molar-refractivity contribution < 1.29 is 23.8 Å². The van der Waals surface area contributed by atoms with E-state index < -0.39 is 17.9 Å². The zero-order chi connectivity index (χ0) is 24.1. The Hall–Kier alpha value is -3.56. The number of nitrogens with zero attached hydrogens (tertiary/aromatic N) is 2. The molecule has 0 aliphatic heterocycles. The number of carboxylic acids is 1. The van der Waals surface area contributed by atoms with Crippen molar-refractivity contribution in [1.29, 1.82) is 0 Å². The number of aromatic nitrogens is 2. The van der Waals surface area contributed by atoms with Gasteiger partial charge in [-0.1, -0.05) is 46.3 Å². The highest BCUT2D eigenvalue weighted by molar-refractivity contribution is 9.10. The quantitative estimate of drug-likeness (QED) is 0.292. The summed E-state index contributed by atoms with van der Waals surface area (Å²) in [4.78, 5) is 20.4. The molecule has 2 N–H and O–H groups in total. The van der Waals surface area contributed by atoms with Gasteiger partial charge in [-0.3, -0.25) is 0 Å². The average molecular weight is 526 g/mol. The molecule has 3 aromatic carbocycles. The standard InChI is InChI=1S/C25H21BrFN3O4/c1-15-9-17(26)10-20-23(15)24(29-14-28-20)30-19-8-7-18(27)11-21(19)34-22(25(31)32)13-33-12-16-5-3-2-4-6-16/h2-11,14,22H,12-13H2,1H3,(H,31,32)(H,28,29,30)/t22-/m1/s1. The summed E-state index contributed by atoms with van der Waals surface area (Å²) in [6.45, 7) is 1.93. The maximum absolute atomic E-state index is 14.1. The summed E-state index contributed by atoms with van der Waals surface area (Å²) in [6, 6.07) is 17.0. The lowest BCUT2D eigenvalue weighted by molar-refractivity contribution is -0.148. The first-order valence-corrected chi connectivity index (χ1v) is 11.2. The Labute approximate surface area is 203 Å². The first kappa shape index (κ1) is 23.6. The van der Waals surface area contributed by atoms with Gasteiger partial charge in [-0.15, -0.1) is 0 Å². The summed E-state index contributed by atoms with van der Waals surface area (Å²) in [5.41, 5.74) is 2.90. The number of halogens is 2. The van der Waals surface area contributed by atoms with E-state index in [0.29, 0.717) is 17.0 Å². The minimum absolute atomic E-state index is 0.0252. The lowest BCUT2D eigenvalue weighted by Gasteiger charge is -2.19. The summed E-state index contributed by atoms with van der Waals surface area (Å²) < 4.78 is 26.2. The van der Waals surface area contributed by atoms with Crippen molar-refractivity contribution in [2.24, 2.45) is 0 Å². The van der Waals surface area contributed by atoms with Crippen LogP contribution in [0.15, 0.2) is 71.5 Å². The van der Waals surface area contributed by atoms with Crippen LogP contribution >= 0.6 is 15.9 Å². The zero-order valence-corrected chi connectivity index (χ0v) is 19.8. The monoisotopic (exact) mass is 525 g/mol. The van der Waals surface area contributed by atoms with Gasteiger partial charge in [0.1, 0.15) is 23.7 Å². The predicted molar refractivity (Wildman–Crippen MR) is 130 cm³/mol. The van der Waals surface area contributed by atoms with Crippen LogP contribution < -0.4 is 10.1 Å². The number of aryl methyl sites for hydroxylation is 1. The van der Waals surface area contributed by atoms with E-state index in [-0.39, 0.29) is 19.0 Å². The van der Waals surface area contributed by atoms with Crippen LogP contribution in [0.3, 0.4) is 0 Å². The summed E-state index contributed by atoms with van der Waals surface area (Å²) in [7, 11) is 0. The molecule has 0 fully saturated rings. The molecule has 0 radical (unpaired) electrons. The molecule has 1 heterocycles.